The lowest BCUT2D eigenvalue weighted by molar-refractivity contribution is -0.123. The summed E-state index contributed by atoms with van der Waals surface area (Å²) in [6.45, 7) is 3.61. The molecule has 0 fully saturated rings. The van der Waals surface area contributed by atoms with Gasteiger partial charge in [0.25, 0.3) is 0 Å². The summed E-state index contributed by atoms with van der Waals surface area (Å²) in [5.41, 5.74) is 5.27. The second-order valence-electron chi connectivity index (χ2n) is 5.69. The number of carbonyl (C=O) groups is 1. The number of amides is 1. The average molecular weight is 313 g/mol. The molecule has 3 heterocycles. The molecule has 3 aromatic rings. The van der Waals surface area contributed by atoms with E-state index in [1.165, 1.54) is 18.6 Å². The first kappa shape index (κ1) is 15.1. The Bertz CT molecular complexity index is 861. The third-order valence-electron chi connectivity index (χ3n) is 4.18. The zero-order chi connectivity index (χ0) is 16.6. The molecule has 118 valence electrons. The van der Waals surface area contributed by atoms with Crippen molar-refractivity contribution in [3.63, 3.8) is 0 Å². The van der Waals surface area contributed by atoms with E-state index in [1.54, 1.807) is 32.2 Å². The number of aromatic nitrogens is 4. The number of aromatic amines is 1. The van der Waals surface area contributed by atoms with Crippen molar-refractivity contribution in [1.29, 1.82) is 0 Å². The summed E-state index contributed by atoms with van der Waals surface area (Å²) in [6, 6.07) is 3.39. The van der Waals surface area contributed by atoms with Gasteiger partial charge in [0.1, 0.15) is 5.41 Å². The number of H-pyrrole nitrogens is 1. The number of pyridine rings is 2. The van der Waals surface area contributed by atoms with Crippen LogP contribution in [-0.4, -0.2) is 26.1 Å². The van der Waals surface area contributed by atoms with Gasteiger partial charge in [0.2, 0.25) is 5.91 Å². The molecule has 0 aliphatic rings. The molecule has 23 heavy (non-hydrogen) atoms. The normalized spacial score (nSPS) is 14.1. The van der Waals surface area contributed by atoms with Gasteiger partial charge in [0.05, 0.1) is 29.0 Å². The van der Waals surface area contributed by atoms with Gasteiger partial charge >= 0.3 is 0 Å². The van der Waals surface area contributed by atoms with Crippen LogP contribution in [0.25, 0.3) is 10.9 Å². The first-order valence-electron chi connectivity index (χ1n) is 7.18. The van der Waals surface area contributed by atoms with E-state index in [4.69, 9.17) is 5.73 Å². The summed E-state index contributed by atoms with van der Waals surface area (Å²) in [5.74, 6) is -1.60. The van der Waals surface area contributed by atoms with E-state index in [0.717, 1.165) is 0 Å². The number of rotatable bonds is 4. The highest BCUT2D eigenvalue weighted by molar-refractivity contribution is 5.92. The maximum atomic E-state index is 15.1. The van der Waals surface area contributed by atoms with Crippen LogP contribution in [0.1, 0.15) is 25.1 Å². The number of hydrogen-bond donors (Lipinski definition) is 2. The fourth-order valence-corrected chi connectivity index (χ4v) is 3.04. The minimum Gasteiger partial charge on any atom is -0.369 e. The summed E-state index contributed by atoms with van der Waals surface area (Å²) >= 11 is 0. The third kappa shape index (κ3) is 2.08. The van der Waals surface area contributed by atoms with Gasteiger partial charge in [-0.3, -0.25) is 19.9 Å². The summed E-state index contributed by atoms with van der Waals surface area (Å²) in [4.78, 5) is 20.7. The lowest BCUT2D eigenvalue weighted by Gasteiger charge is -2.34. The largest absolute Gasteiger partial charge is 0.369 e. The van der Waals surface area contributed by atoms with E-state index < -0.39 is 17.1 Å². The molecule has 1 atom stereocenters. The van der Waals surface area contributed by atoms with Crippen LogP contribution in [0.2, 0.25) is 0 Å². The highest BCUT2D eigenvalue weighted by Gasteiger charge is 2.47. The van der Waals surface area contributed by atoms with E-state index >= 15 is 4.39 Å². The third-order valence-corrected chi connectivity index (χ3v) is 4.18. The van der Waals surface area contributed by atoms with Gasteiger partial charge < -0.3 is 5.73 Å². The van der Waals surface area contributed by atoms with Crippen LogP contribution in [0.15, 0.2) is 36.9 Å². The van der Waals surface area contributed by atoms with Crippen molar-refractivity contribution >= 4 is 16.8 Å². The Balaban J connectivity index is 2.38. The van der Waals surface area contributed by atoms with Crippen molar-refractivity contribution in [2.75, 3.05) is 0 Å². The van der Waals surface area contributed by atoms with Crippen LogP contribution < -0.4 is 5.73 Å². The number of carbonyl (C=O) groups excluding carboxylic acids is 1. The van der Waals surface area contributed by atoms with Gasteiger partial charge in [0, 0.05) is 12.4 Å². The van der Waals surface area contributed by atoms with Gasteiger partial charge in [-0.1, -0.05) is 19.9 Å². The van der Waals surface area contributed by atoms with Gasteiger partial charge in [0.15, 0.2) is 5.82 Å². The lowest BCUT2D eigenvalue weighted by atomic mass is 9.68. The number of nitrogens with zero attached hydrogens (tertiary/aromatic N) is 3. The zero-order valence-electron chi connectivity index (χ0n) is 12.7. The summed E-state index contributed by atoms with van der Waals surface area (Å²) in [6.07, 6.45) is 5.92. The van der Waals surface area contributed by atoms with Crippen molar-refractivity contribution < 1.29 is 9.18 Å². The number of nitrogens with two attached hydrogens (primary N) is 1. The van der Waals surface area contributed by atoms with Gasteiger partial charge in [-0.2, -0.15) is 5.10 Å². The summed E-state index contributed by atoms with van der Waals surface area (Å²) in [5, 5.41) is 6.74. The first-order valence-corrected chi connectivity index (χ1v) is 7.18. The number of hydrogen-bond acceptors (Lipinski definition) is 4. The van der Waals surface area contributed by atoms with Crippen LogP contribution >= 0.6 is 0 Å². The van der Waals surface area contributed by atoms with Crippen LogP contribution in [0, 0.1) is 11.7 Å². The Hall–Kier alpha value is -2.83. The van der Waals surface area contributed by atoms with Crippen LogP contribution in [0.5, 0.6) is 0 Å². The summed E-state index contributed by atoms with van der Waals surface area (Å²) < 4.78 is 15.1. The van der Waals surface area contributed by atoms with Crippen LogP contribution in [0.4, 0.5) is 4.39 Å². The fraction of sp³-hybridized carbons (Fsp3) is 0.250. The maximum absolute atomic E-state index is 15.1. The molecular formula is C16H16FN5O. The molecule has 7 heteroatoms. The monoisotopic (exact) mass is 313 g/mol. The molecule has 3 rings (SSSR count). The minimum absolute atomic E-state index is 0.0121. The van der Waals surface area contributed by atoms with Crippen molar-refractivity contribution in [2.45, 2.75) is 19.3 Å². The molecule has 3 N–H and O–H groups in total. The first-order chi connectivity index (χ1) is 11.0. The minimum atomic E-state index is -1.41. The predicted molar refractivity (Wildman–Crippen MR) is 82.9 cm³/mol. The molecule has 0 saturated carbocycles. The summed E-state index contributed by atoms with van der Waals surface area (Å²) in [7, 11) is 0. The standard InChI is InChI=1S/C16H16FN5O/c1-9(2)16(15(18)23,10-4-3-5-19-6-10)14-13(17)11-7-21-22-12(11)8-20-14/h3-9H,1-2H3,(H2,18,23)(H,21,22). The smallest absolute Gasteiger partial charge is 0.234 e. The highest BCUT2D eigenvalue weighted by Crippen LogP contribution is 2.40. The molecule has 0 aliphatic carbocycles. The Morgan fingerprint density at radius 3 is 2.74 bits per heavy atom. The zero-order valence-corrected chi connectivity index (χ0v) is 12.7. The van der Waals surface area contributed by atoms with Crippen molar-refractivity contribution in [1.82, 2.24) is 20.2 Å². The molecule has 0 spiro atoms. The van der Waals surface area contributed by atoms with Crippen molar-refractivity contribution in [2.24, 2.45) is 11.7 Å². The van der Waals surface area contributed by atoms with E-state index in [9.17, 15) is 4.79 Å². The van der Waals surface area contributed by atoms with Crippen molar-refractivity contribution in [3.8, 4) is 0 Å². The topological polar surface area (TPSA) is 97.5 Å². The molecular weight excluding hydrogens is 297 g/mol. The lowest BCUT2D eigenvalue weighted by Crippen LogP contribution is -2.48. The average Bonchev–Trinajstić information content (AvgIpc) is 3.00. The maximum Gasteiger partial charge on any atom is 0.234 e. The second kappa shape index (κ2) is 5.42. The Labute approximate surface area is 131 Å². The number of halogens is 1. The molecule has 1 unspecified atom stereocenters. The SMILES string of the molecule is CC(C)C(C(N)=O)(c1cccnc1)c1ncc2[nH]ncc2c1F. The molecule has 6 nitrogen and oxygen atoms in total. The Morgan fingerprint density at radius 2 is 2.13 bits per heavy atom. The molecule has 0 aromatic carbocycles. The fourth-order valence-electron chi connectivity index (χ4n) is 3.04. The molecule has 0 bridgehead atoms. The van der Waals surface area contributed by atoms with Gasteiger partial charge in [-0.15, -0.1) is 0 Å². The van der Waals surface area contributed by atoms with Gasteiger partial charge in [-0.05, 0) is 17.5 Å². The van der Waals surface area contributed by atoms with E-state index in [1.807, 2.05) is 0 Å². The molecule has 3 aromatic heterocycles. The molecule has 0 saturated heterocycles. The Morgan fingerprint density at radius 1 is 1.35 bits per heavy atom. The van der Waals surface area contributed by atoms with Crippen LogP contribution in [-0.2, 0) is 10.2 Å². The van der Waals surface area contributed by atoms with E-state index in [-0.39, 0.29) is 17.0 Å². The predicted octanol–water partition coefficient (Wildman–Crippen LogP) is 1.92. The molecule has 0 aliphatic heterocycles. The number of nitrogens with one attached hydrogen (secondary N) is 1. The quantitative estimate of drug-likeness (QED) is 0.769. The van der Waals surface area contributed by atoms with Gasteiger partial charge in [-0.25, -0.2) is 4.39 Å². The number of fused-ring (bicyclic) bond motifs is 1. The van der Waals surface area contributed by atoms with E-state index in [2.05, 4.69) is 20.2 Å². The molecule has 1 amide bonds. The van der Waals surface area contributed by atoms with E-state index in [0.29, 0.717) is 11.1 Å². The Kier molecular flexibility index (Phi) is 3.55. The molecule has 0 radical (unpaired) electrons. The number of primary amides is 1. The van der Waals surface area contributed by atoms with Crippen LogP contribution in [0.3, 0.4) is 0 Å². The highest BCUT2D eigenvalue weighted by atomic mass is 19.1. The van der Waals surface area contributed by atoms with Crippen molar-refractivity contribution in [3.05, 3.63) is 54.0 Å². The second-order valence-corrected chi connectivity index (χ2v) is 5.69.